The number of rotatable bonds is 2. The number of hydrogen-bond donors (Lipinski definition) is 0. The highest BCUT2D eigenvalue weighted by Crippen LogP contribution is 2.47. The van der Waals surface area contributed by atoms with Gasteiger partial charge in [-0.2, -0.15) is 0 Å². The van der Waals surface area contributed by atoms with Crippen LogP contribution in [-0.2, 0) is 19.2 Å². The summed E-state index contributed by atoms with van der Waals surface area (Å²) < 4.78 is 0. The third kappa shape index (κ3) is 2.17. The summed E-state index contributed by atoms with van der Waals surface area (Å²) >= 11 is 0. The van der Waals surface area contributed by atoms with Gasteiger partial charge in [0.2, 0.25) is 23.6 Å². The predicted molar refractivity (Wildman–Crippen MR) is 93.3 cm³/mol. The van der Waals surface area contributed by atoms with E-state index >= 15 is 0 Å². The highest BCUT2D eigenvalue weighted by Gasteiger charge is 2.50. The van der Waals surface area contributed by atoms with E-state index in [0.29, 0.717) is 25.7 Å². The zero-order chi connectivity index (χ0) is 18.7. The molecule has 0 saturated carbocycles. The molecule has 4 rings (SSSR count). The predicted octanol–water partition coefficient (Wildman–Crippen LogP) is 1.44. The van der Waals surface area contributed by atoms with Crippen molar-refractivity contribution < 1.29 is 19.2 Å². The Hall–Kier alpha value is -2.50. The van der Waals surface area contributed by atoms with Gasteiger partial charge in [-0.15, -0.1) is 0 Å². The molecule has 4 atom stereocenters. The third-order valence-electron chi connectivity index (χ3n) is 6.51. The zero-order valence-corrected chi connectivity index (χ0v) is 15.0. The Bertz CT molecular complexity index is 822. The van der Waals surface area contributed by atoms with Gasteiger partial charge in [0.05, 0.1) is 23.7 Å². The molecule has 0 unspecified atom stereocenters. The van der Waals surface area contributed by atoms with Crippen LogP contribution in [0.1, 0.15) is 25.7 Å². The Kier molecular flexibility index (Phi) is 3.75. The fourth-order valence-electron chi connectivity index (χ4n) is 4.95. The van der Waals surface area contributed by atoms with E-state index in [9.17, 15) is 19.2 Å². The normalized spacial score (nSPS) is 34.3. The molecule has 0 aromatic heterocycles. The van der Waals surface area contributed by atoms with E-state index < -0.39 is 0 Å². The second-order valence-corrected chi connectivity index (χ2v) is 7.68. The summed E-state index contributed by atoms with van der Waals surface area (Å²) in [5.41, 5.74) is 3.05. The fraction of sp³-hybridized carbons (Fsp3) is 0.500. The lowest BCUT2D eigenvalue weighted by Crippen LogP contribution is -2.27. The molecule has 6 heteroatoms. The summed E-state index contributed by atoms with van der Waals surface area (Å²) in [5, 5.41) is 0. The number of hydrogen-bond acceptors (Lipinski definition) is 4. The minimum atomic E-state index is -0.326. The van der Waals surface area contributed by atoms with Crippen molar-refractivity contribution in [3.05, 3.63) is 35.5 Å². The number of amides is 4. The molecular formula is C20H22N2O4. The number of imide groups is 2. The maximum absolute atomic E-state index is 12.4. The number of likely N-dealkylation sites (tertiary alicyclic amines) is 2. The van der Waals surface area contributed by atoms with E-state index in [1.54, 1.807) is 20.2 Å². The molecule has 136 valence electrons. The number of allylic oxidation sites excluding steroid dienone is 5. The molecule has 0 spiro atoms. The Morgan fingerprint density at radius 2 is 1.35 bits per heavy atom. The first-order valence-electron chi connectivity index (χ1n) is 9.01. The van der Waals surface area contributed by atoms with Gasteiger partial charge < -0.3 is 0 Å². The monoisotopic (exact) mass is 354 g/mol. The molecule has 2 saturated heterocycles. The summed E-state index contributed by atoms with van der Waals surface area (Å²) in [6, 6.07) is 0. The molecule has 0 N–H and O–H groups in total. The highest BCUT2D eigenvalue weighted by atomic mass is 16.2. The van der Waals surface area contributed by atoms with Gasteiger partial charge in [-0.1, -0.05) is 18.7 Å². The lowest BCUT2D eigenvalue weighted by molar-refractivity contribution is -0.139. The molecule has 4 aliphatic rings. The quantitative estimate of drug-likeness (QED) is 0.704. The molecule has 6 nitrogen and oxygen atoms in total. The standard InChI is InChI=1S/C20H22N2O4/c1-4-10-7-15-16(20(26)22(3)19(15)25)9-13(10)11-5-6-12-14(8-11)18(24)21(2)17(12)23/h4-5,12,14-16H,1,6-9H2,2-3H3/t12-,14+,15+,16-/m0/s1. The van der Waals surface area contributed by atoms with Gasteiger partial charge in [0.25, 0.3) is 0 Å². The molecule has 0 aromatic carbocycles. The zero-order valence-electron chi connectivity index (χ0n) is 15.0. The van der Waals surface area contributed by atoms with Crippen molar-refractivity contribution >= 4 is 23.6 Å². The van der Waals surface area contributed by atoms with Gasteiger partial charge in [0.15, 0.2) is 0 Å². The lowest BCUT2D eigenvalue weighted by atomic mass is 9.71. The number of carbonyl (C=O) groups is 4. The number of fused-ring (bicyclic) bond motifs is 2. The smallest absolute Gasteiger partial charge is 0.233 e. The maximum Gasteiger partial charge on any atom is 0.233 e. The first-order valence-corrected chi connectivity index (χ1v) is 9.01. The fourth-order valence-corrected chi connectivity index (χ4v) is 4.95. The van der Waals surface area contributed by atoms with Crippen molar-refractivity contribution in [3.63, 3.8) is 0 Å². The second-order valence-electron chi connectivity index (χ2n) is 7.68. The topological polar surface area (TPSA) is 74.8 Å². The summed E-state index contributed by atoms with van der Waals surface area (Å²) in [7, 11) is 3.08. The molecule has 0 aromatic rings. The Balaban J connectivity index is 1.66. The van der Waals surface area contributed by atoms with Crippen molar-refractivity contribution in [1.29, 1.82) is 0 Å². The van der Waals surface area contributed by atoms with E-state index in [2.05, 4.69) is 6.58 Å². The van der Waals surface area contributed by atoms with Gasteiger partial charge in [0, 0.05) is 14.1 Å². The van der Waals surface area contributed by atoms with Gasteiger partial charge in [-0.25, -0.2) is 0 Å². The van der Waals surface area contributed by atoms with E-state index in [4.69, 9.17) is 0 Å². The van der Waals surface area contributed by atoms with Crippen molar-refractivity contribution in [2.24, 2.45) is 23.7 Å². The molecular weight excluding hydrogens is 332 g/mol. The van der Waals surface area contributed by atoms with Gasteiger partial charge >= 0.3 is 0 Å². The van der Waals surface area contributed by atoms with Crippen LogP contribution in [0.25, 0.3) is 0 Å². The molecule has 2 aliphatic heterocycles. The van der Waals surface area contributed by atoms with Crippen LogP contribution in [0.5, 0.6) is 0 Å². The first kappa shape index (κ1) is 16.9. The SMILES string of the molecule is C=CC1=C(C2=CC[C@@H]3C(=O)N(C)C(=O)[C@@H]3C2)C[C@@H]2C(=O)N(C)C(=O)[C@@H]2C1. The Labute approximate surface area is 152 Å². The van der Waals surface area contributed by atoms with Crippen LogP contribution in [0.4, 0.5) is 0 Å². The van der Waals surface area contributed by atoms with Crippen LogP contribution in [0.15, 0.2) is 35.5 Å². The average molecular weight is 354 g/mol. The molecule has 26 heavy (non-hydrogen) atoms. The van der Waals surface area contributed by atoms with Gasteiger partial charge in [0.1, 0.15) is 0 Å². The molecule has 0 bridgehead atoms. The van der Waals surface area contributed by atoms with Crippen molar-refractivity contribution in [2.45, 2.75) is 25.7 Å². The molecule has 4 amide bonds. The number of carbonyl (C=O) groups excluding carboxylic acids is 4. The largest absolute Gasteiger partial charge is 0.285 e. The van der Waals surface area contributed by atoms with Crippen molar-refractivity contribution in [1.82, 2.24) is 9.80 Å². The van der Waals surface area contributed by atoms with Gasteiger partial charge in [-0.05, 0) is 42.4 Å². The maximum atomic E-state index is 12.4. The van der Waals surface area contributed by atoms with Crippen molar-refractivity contribution in [3.8, 4) is 0 Å². The minimum absolute atomic E-state index is 0.102. The summed E-state index contributed by atoms with van der Waals surface area (Å²) in [4.78, 5) is 51.8. The Morgan fingerprint density at radius 1 is 0.846 bits per heavy atom. The van der Waals surface area contributed by atoms with E-state index in [-0.39, 0.29) is 47.3 Å². The molecule has 2 fully saturated rings. The Morgan fingerprint density at radius 3 is 1.92 bits per heavy atom. The first-order chi connectivity index (χ1) is 12.3. The summed E-state index contributed by atoms with van der Waals surface area (Å²) in [5.74, 6) is -1.66. The number of nitrogens with zero attached hydrogens (tertiary/aromatic N) is 2. The molecule has 2 aliphatic carbocycles. The summed E-state index contributed by atoms with van der Waals surface area (Å²) in [6.07, 6.45) is 5.88. The average Bonchev–Trinajstić information content (AvgIpc) is 3.01. The second kappa shape index (κ2) is 5.76. The van der Waals surface area contributed by atoms with Crippen LogP contribution in [0.2, 0.25) is 0 Å². The highest BCUT2D eigenvalue weighted by molar-refractivity contribution is 6.06. The van der Waals surface area contributed by atoms with Crippen LogP contribution in [-0.4, -0.2) is 47.5 Å². The minimum Gasteiger partial charge on any atom is -0.285 e. The van der Waals surface area contributed by atoms with E-state index in [0.717, 1.165) is 16.7 Å². The molecule has 0 radical (unpaired) electrons. The van der Waals surface area contributed by atoms with Crippen molar-refractivity contribution in [2.75, 3.05) is 14.1 Å². The third-order valence-corrected chi connectivity index (χ3v) is 6.51. The van der Waals surface area contributed by atoms with Crippen LogP contribution in [0, 0.1) is 23.7 Å². The van der Waals surface area contributed by atoms with Gasteiger partial charge in [-0.3, -0.25) is 29.0 Å². The summed E-state index contributed by atoms with van der Waals surface area (Å²) in [6.45, 7) is 3.89. The van der Waals surface area contributed by atoms with Crippen LogP contribution in [0.3, 0.4) is 0 Å². The molecule has 2 heterocycles. The van der Waals surface area contributed by atoms with E-state index in [1.807, 2.05) is 6.08 Å². The van der Waals surface area contributed by atoms with Crippen LogP contribution < -0.4 is 0 Å². The van der Waals surface area contributed by atoms with Crippen LogP contribution >= 0.6 is 0 Å². The lowest BCUT2D eigenvalue weighted by Gasteiger charge is -2.30. The van der Waals surface area contributed by atoms with E-state index in [1.165, 1.54) is 9.80 Å².